The van der Waals surface area contributed by atoms with Crippen molar-refractivity contribution in [3.8, 4) is 0 Å². The molecule has 21 heavy (non-hydrogen) atoms. The van der Waals surface area contributed by atoms with Crippen LogP contribution in [0.15, 0.2) is 30.9 Å². The van der Waals surface area contributed by atoms with Crippen LogP contribution in [0, 0.1) is 5.92 Å². The Balaban J connectivity index is 2.01. The summed E-state index contributed by atoms with van der Waals surface area (Å²) in [6.07, 6.45) is 7.34. The molecule has 2 atom stereocenters. The lowest BCUT2D eigenvalue weighted by Crippen LogP contribution is -2.31. The molecular formula is C18H23NO2. The molecule has 1 aliphatic carbocycles. The molecule has 1 aromatic carbocycles. The number of likely N-dealkylation sites (N-methyl/N-ethyl adjacent to an activating group) is 1. The minimum atomic E-state index is -0.273. The second-order valence-corrected chi connectivity index (χ2v) is 6.17. The Labute approximate surface area is 126 Å². The second-order valence-electron chi connectivity index (χ2n) is 6.17. The zero-order valence-corrected chi connectivity index (χ0v) is 12.8. The van der Waals surface area contributed by atoms with E-state index in [-0.39, 0.29) is 5.97 Å². The summed E-state index contributed by atoms with van der Waals surface area (Å²) in [6, 6.07) is 6.30. The molecule has 1 saturated carbocycles. The number of rotatable bonds is 3. The van der Waals surface area contributed by atoms with E-state index >= 15 is 0 Å². The van der Waals surface area contributed by atoms with Crippen LogP contribution in [-0.2, 0) is 4.74 Å². The van der Waals surface area contributed by atoms with Gasteiger partial charge >= 0.3 is 5.97 Å². The molecule has 0 radical (unpaired) electrons. The summed E-state index contributed by atoms with van der Waals surface area (Å²) in [5.74, 6) is 0.975. The van der Waals surface area contributed by atoms with Gasteiger partial charge in [-0.1, -0.05) is 25.0 Å². The van der Waals surface area contributed by atoms with Crippen molar-refractivity contribution in [1.82, 2.24) is 0 Å². The molecule has 1 aromatic rings. The van der Waals surface area contributed by atoms with Crippen LogP contribution >= 0.6 is 0 Å². The number of anilines is 1. The van der Waals surface area contributed by atoms with Crippen molar-refractivity contribution in [3.63, 3.8) is 0 Å². The third-order valence-electron chi connectivity index (χ3n) is 5.15. The molecular weight excluding hydrogens is 262 g/mol. The first-order valence-corrected chi connectivity index (χ1v) is 7.75. The highest BCUT2D eigenvalue weighted by Gasteiger charge is 2.40. The maximum absolute atomic E-state index is 11.7. The van der Waals surface area contributed by atoms with Gasteiger partial charge in [-0.3, -0.25) is 0 Å². The molecule has 3 heteroatoms. The minimum absolute atomic E-state index is 0.273. The van der Waals surface area contributed by atoms with Crippen LogP contribution in [0.1, 0.15) is 47.5 Å². The number of carbonyl (C=O) groups excluding carboxylic acids is 1. The van der Waals surface area contributed by atoms with E-state index in [1.54, 1.807) is 0 Å². The van der Waals surface area contributed by atoms with Crippen molar-refractivity contribution in [3.05, 3.63) is 42.0 Å². The van der Waals surface area contributed by atoms with Crippen LogP contribution < -0.4 is 4.90 Å². The van der Waals surface area contributed by atoms with Crippen LogP contribution in [0.2, 0.25) is 0 Å². The summed E-state index contributed by atoms with van der Waals surface area (Å²) >= 11 is 0. The van der Waals surface area contributed by atoms with E-state index in [1.807, 2.05) is 12.1 Å². The standard InChI is InChI=1S/C18H23NO2/c1-4-15-17(12-7-5-6-8-12)14-10-9-13(18(20)21-3)11-16(14)19(15)2/h4,9-12,15,17H,1,5-8H2,2-3H3. The molecule has 0 amide bonds. The lowest BCUT2D eigenvalue weighted by Gasteiger charge is -2.27. The number of methoxy groups -OCH3 is 1. The van der Waals surface area contributed by atoms with Gasteiger partial charge in [-0.25, -0.2) is 4.79 Å². The quantitative estimate of drug-likeness (QED) is 0.625. The zero-order valence-electron chi connectivity index (χ0n) is 12.8. The number of nitrogens with zero attached hydrogens (tertiary/aromatic N) is 1. The first kappa shape index (κ1) is 14.2. The summed E-state index contributed by atoms with van der Waals surface area (Å²) in [7, 11) is 3.52. The van der Waals surface area contributed by atoms with Crippen LogP contribution in [0.3, 0.4) is 0 Å². The van der Waals surface area contributed by atoms with E-state index in [0.29, 0.717) is 17.5 Å². The number of hydrogen-bond acceptors (Lipinski definition) is 3. The largest absolute Gasteiger partial charge is 0.465 e. The summed E-state index contributed by atoms with van der Waals surface area (Å²) in [4.78, 5) is 14.0. The molecule has 0 spiro atoms. The first-order chi connectivity index (χ1) is 10.2. The SMILES string of the molecule is C=CC1C(C2CCCC2)c2ccc(C(=O)OC)cc2N1C. The number of ether oxygens (including phenoxy) is 1. The third kappa shape index (κ3) is 2.25. The van der Waals surface area contributed by atoms with Crippen molar-refractivity contribution in [2.45, 2.75) is 37.6 Å². The molecule has 0 bridgehead atoms. The van der Waals surface area contributed by atoms with Gasteiger partial charge in [-0.15, -0.1) is 6.58 Å². The molecule has 2 aliphatic rings. The molecule has 1 fully saturated rings. The van der Waals surface area contributed by atoms with E-state index in [4.69, 9.17) is 4.74 Å². The highest BCUT2D eigenvalue weighted by molar-refractivity contribution is 5.91. The van der Waals surface area contributed by atoms with Crippen LogP contribution in [-0.4, -0.2) is 26.2 Å². The molecule has 0 N–H and O–H groups in total. The normalized spacial score (nSPS) is 25.0. The fourth-order valence-electron chi connectivity index (χ4n) is 4.12. The maximum Gasteiger partial charge on any atom is 0.337 e. The Hall–Kier alpha value is -1.77. The van der Waals surface area contributed by atoms with Crippen molar-refractivity contribution in [1.29, 1.82) is 0 Å². The van der Waals surface area contributed by atoms with Gasteiger partial charge in [0.2, 0.25) is 0 Å². The van der Waals surface area contributed by atoms with Gasteiger partial charge in [0.05, 0.1) is 18.7 Å². The lowest BCUT2D eigenvalue weighted by atomic mass is 9.81. The highest BCUT2D eigenvalue weighted by Crippen LogP contribution is 2.49. The van der Waals surface area contributed by atoms with Gasteiger partial charge < -0.3 is 9.64 Å². The van der Waals surface area contributed by atoms with E-state index in [9.17, 15) is 4.79 Å². The van der Waals surface area contributed by atoms with Crippen LogP contribution in [0.25, 0.3) is 0 Å². The van der Waals surface area contributed by atoms with Crippen molar-refractivity contribution >= 4 is 11.7 Å². The fraction of sp³-hybridized carbons (Fsp3) is 0.500. The Morgan fingerprint density at radius 1 is 1.38 bits per heavy atom. The van der Waals surface area contributed by atoms with Gasteiger partial charge in [-0.2, -0.15) is 0 Å². The molecule has 0 saturated heterocycles. The molecule has 0 aromatic heterocycles. The third-order valence-corrected chi connectivity index (χ3v) is 5.15. The minimum Gasteiger partial charge on any atom is -0.465 e. The molecule has 3 rings (SSSR count). The first-order valence-electron chi connectivity index (χ1n) is 7.75. The number of fused-ring (bicyclic) bond motifs is 1. The average molecular weight is 285 g/mol. The van der Waals surface area contributed by atoms with E-state index in [2.05, 4.69) is 30.7 Å². The number of benzene rings is 1. The zero-order chi connectivity index (χ0) is 15.0. The number of esters is 1. The van der Waals surface area contributed by atoms with Crippen LogP contribution in [0.4, 0.5) is 5.69 Å². The fourth-order valence-corrected chi connectivity index (χ4v) is 4.12. The monoisotopic (exact) mass is 285 g/mol. The predicted molar refractivity (Wildman–Crippen MR) is 84.9 cm³/mol. The second kappa shape index (κ2) is 5.55. The van der Waals surface area contributed by atoms with E-state index < -0.39 is 0 Å². The smallest absolute Gasteiger partial charge is 0.337 e. The summed E-state index contributed by atoms with van der Waals surface area (Å²) < 4.78 is 4.83. The Morgan fingerprint density at radius 2 is 2.10 bits per heavy atom. The summed E-state index contributed by atoms with van der Waals surface area (Å²) in [5, 5.41) is 0. The molecule has 1 heterocycles. The highest BCUT2D eigenvalue weighted by atomic mass is 16.5. The molecule has 1 aliphatic heterocycles. The van der Waals surface area contributed by atoms with Gasteiger partial charge in [0.25, 0.3) is 0 Å². The predicted octanol–water partition coefficient (Wildman–Crippen LogP) is 3.75. The van der Waals surface area contributed by atoms with Gasteiger partial charge in [-0.05, 0) is 36.5 Å². The van der Waals surface area contributed by atoms with Crippen molar-refractivity contribution in [2.24, 2.45) is 5.92 Å². The Bertz CT molecular complexity index is 560. The molecule has 112 valence electrons. The van der Waals surface area contributed by atoms with Crippen molar-refractivity contribution in [2.75, 3.05) is 19.1 Å². The van der Waals surface area contributed by atoms with E-state index in [1.165, 1.54) is 38.4 Å². The van der Waals surface area contributed by atoms with Crippen molar-refractivity contribution < 1.29 is 9.53 Å². The summed E-state index contributed by atoms with van der Waals surface area (Å²) in [6.45, 7) is 4.04. The lowest BCUT2D eigenvalue weighted by molar-refractivity contribution is 0.0601. The number of carbonyl (C=O) groups is 1. The number of hydrogen-bond donors (Lipinski definition) is 0. The topological polar surface area (TPSA) is 29.5 Å². The van der Waals surface area contributed by atoms with Gasteiger partial charge in [0, 0.05) is 18.7 Å². The average Bonchev–Trinajstić information content (AvgIpc) is 3.12. The Kier molecular flexibility index (Phi) is 3.75. The molecule has 3 nitrogen and oxygen atoms in total. The maximum atomic E-state index is 11.7. The molecule has 2 unspecified atom stereocenters. The van der Waals surface area contributed by atoms with Crippen LogP contribution in [0.5, 0.6) is 0 Å². The Morgan fingerprint density at radius 3 is 2.71 bits per heavy atom. The summed E-state index contributed by atoms with van der Waals surface area (Å²) in [5.41, 5.74) is 3.14. The van der Waals surface area contributed by atoms with Gasteiger partial charge in [0.15, 0.2) is 0 Å². The van der Waals surface area contributed by atoms with E-state index in [0.717, 1.165) is 11.6 Å². The van der Waals surface area contributed by atoms with Gasteiger partial charge in [0.1, 0.15) is 0 Å².